The summed E-state index contributed by atoms with van der Waals surface area (Å²) in [7, 11) is 3.88. The van der Waals surface area contributed by atoms with Crippen molar-refractivity contribution in [2.75, 3.05) is 33.9 Å². The molecule has 0 aliphatic carbocycles. The molecule has 0 bridgehead atoms. The van der Waals surface area contributed by atoms with Crippen molar-refractivity contribution in [3.8, 4) is 0 Å². The Morgan fingerprint density at radius 1 is 1.38 bits per heavy atom. The monoisotopic (exact) mass is 336 g/mol. The van der Waals surface area contributed by atoms with E-state index in [0.717, 1.165) is 37.4 Å². The van der Waals surface area contributed by atoms with Crippen LogP contribution in [0, 0.1) is 5.92 Å². The Bertz CT molecular complexity index is 527. The number of hydrogen-bond acceptors (Lipinski definition) is 4. The molecular weight excluding hydrogens is 304 g/mol. The lowest BCUT2D eigenvalue weighted by Gasteiger charge is -2.26. The Labute approximate surface area is 145 Å². The first kappa shape index (κ1) is 18.8. The first-order chi connectivity index (χ1) is 11.4. The van der Waals surface area contributed by atoms with E-state index in [1.807, 2.05) is 13.2 Å². The quantitative estimate of drug-likeness (QED) is 0.662. The molecule has 6 nitrogen and oxygen atoms in total. The average Bonchev–Trinajstić information content (AvgIpc) is 3.04. The average molecular weight is 336 g/mol. The predicted octanol–water partition coefficient (Wildman–Crippen LogP) is 2.80. The summed E-state index contributed by atoms with van der Waals surface area (Å²) in [6.07, 6.45) is 5.33. The molecule has 1 N–H and O–H groups in total. The van der Waals surface area contributed by atoms with Gasteiger partial charge in [0.25, 0.3) is 0 Å². The third-order valence-electron chi connectivity index (χ3n) is 4.48. The maximum Gasteiger partial charge on any atom is 0.213 e. The number of aliphatic imine (C=N–C) groups is 1. The van der Waals surface area contributed by atoms with Crippen molar-refractivity contribution in [3.05, 3.63) is 17.8 Å². The van der Waals surface area contributed by atoms with Crippen molar-refractivity contribution in [3.63, 3.8) is 0 Å². The van der Waals surface area contributed by atoms with E-state index in [2.05, 4.69) is 48.0 Å². The van der Waals surface area contributed by atoms with E-state index in [4.69, 9.17) is 9.15 Å². The summed E-state index contributed by atoms with van der Waals surface area (Å²) >= 11 is 0. The summed E-state index contributed by atoms with van der Waals surface area (Å²) in [6.45, 7) is 9.70. The van der Waals surface area contributed by atoms with E-state index in [1.165, 1.54) is 19.3 Å². The fourth-order valence-electron chi connectivity index (χ4n) is 2.80. The van der Waals surface area contributed by atoms with Gasteiger partial charge in [0.2, 0.25) is 5.89 Å². The lowest BCUT2D eigenvalue weighted by molar-refractivity contribution is 0.0625. The molecule has 2 heterocycles. The molecule has 24 heavy (non-hydrogen) atoms. The molecule has 0 aromatic carbocycles. The zero-order valence-electron chi connectivity index (χ0n) is 15.8. The smallest absolute Gasteiger partial charge is 0.213 e. The molecule has 1 saturated heterocycles. The molecule has 0 spiro atoms. The van der Waals surface area contributed by atoms with Crippen molar-refractivity contribution >= 4 is 5.96 Å². The second kappa shape index (κ2) is 8.51. The summed E-state index contributed by atoms with van der Waals surface area (Å²) in [5.41, 5.74) is -0.0204. The van der Waals surface area contributed by atoms with Gasteiger partial charge < -0.3 is 19.4 Å². The Kier molecular flexibility index (Phi) is 6.66. The fraction of sp³-hybridized carbons (Fsp3) is 0.778. The van der Waals surface area contributed by atoms with Crippen molar-refractivity contribution in [2.45, 2.75) is 52.0 Å². The van der Waals surface area contributed by atoms with Crippen LogP contribution in [0.15, 0.2) is 15.6 Å². The first-order valence-corrected chi connectivity index (χ1v) is 8.85. The minimum absolute atomic E-state index is 0.0204. The molecule has 0 saturated carbocycles. The Balaban J connectivity index is 1.79. The van der Waals surface area contributed by atoms with E-state index in [0.29, 0.717) is 12.4 Å². The number of rotatable bonds is 5. The number of oxazole rings is 1. The van der Waals surface area contributed by atoms with Gasteiger partial charge in [-0.3, -0.25) is 4.99 Å². The van der Waals surface area contributed by atoms with Crippen LogP contribution >= 0.6 is 0 Å². The number of hydrogen-bond donors (Lipinski definition) is 1. The highest BCUT2D eigenvalue weighted by Gasteiger charge is 2.19. The highest BCUT2D eigenvalue weighted by Crippen LogP contribution is 2.22. The van der Waals surface area contributed by atoms with Crippen LogP contribution in [0.2, 0.25) is 0 Å². The van der Waals surface area contributed by atoms with Crippen LogP contribution in [0.3, 0.4) is 0 Å². The van der Waals surface area contributed by atoms with Crippen LogP contribution in [-0.2, 0) is 16.7 Å². The van der Waals surface area contributed by atoms with Crippen molar-refractivity contribution in [1.29, 1.82) is 0 Å². The summed E-state index contributed by atoms with van der Waals surface area (Å²) in [5.74, 6) is 3.24. The molecule has 1 aromatic heterocycles. The highest BCUT2D eigenvalue weighted by molar-refractivity contribution is 5.79. The molecule has 2 rings (SSSR count). The van der Waals surface area contributed by atoms with Crippen LogP contribution < -0.4 is 5.32 Å². The van der Waals surface area contributed by atoms with Gasteiger partial charge in [0.15, 0.2) is 5.96 Å². The Hall–Kier alpha value is -1.56. The molecule has 0 radical (unpaired) electrons. The minimum Gasteiger partial charge on any atom is -0.443 e. The molecule has 0 unspecified atom stereocenters. The van der Waals surface area contributed by atoms with Crippen molar-refractivity contribution < 1.29 is 9.15 Å². The lowest BCUT2D eigenvalue weighted by atomic mass is 9.94. The van der Waals surface area contributed by atoms with Gasteiger partial charge in [0.05, 0.1) is 12.7 Å². The Morgan fingerprint density at radius 3 is 2.67 bits per heavy atom. The summed E-state index contributed by atoms with van der Waals surface area (Å²) in [6, 6.07) is 0. The van der Waals surface area contributed by atoms with Gasteiger partial charge in [0.1, 0.15) is 5.76 Å². The van der Waals surface area contributed by atoms with Gasteiger partial charge in [-0.25, -0.2) is 4.98 Å². The third kappa shape index (κ3) is 5.51. The van der Waals surface area contributed by atoms with Gasteiger partial charge in [-0.1, -0.05) is 20.8 Å². The van der Waals surface area contributed by atoms with Crippen molar-refractivity contribution in [1.82, 2.24) is 15.2 Å². The lowest BCUT2D eigenvalue weighted by Crippen LogP contribution is -2.39. The number of guanidine groups is 1. The number of nitrogens with zero attached hydrogens (tertiary/aromatic N) is 3. The van der Waals surface area contributed by atoms with Crippen LogP contribution in [0.5, 0.6) is 0 Å². The SMILES string of the molecule is CN=C(NCc1ncc(C(C)(C)C)o1)N(C)CCC1CCOCC1. The highest BCUT2D eigenvalue weighted by atomic mass is 16.5. The maximum atomic E-state index is 5.82. The standard InChI is InChI=1S/C18H32N4O2/c1-18(2,3)15-12-20-16(24-15)13-21-17(19-4)22(5)9-6-14-7-10-23-11-8-14/h12,14H,6-11,13H2,1-5H3,(H,19,21). The van der Waals surface area contributed by atoms with Gasteiger partial charge in [-0.05, 0) is 25.2 Å². The molecule has 1 aliphatic heterocycles. The molecular formula is C18H32N4O2. The van der Waals surface area contributed by atoms with Gasteiger partial charge in [0, 0.05) is 39.3 Å². The predicted molar refractivity (Wildman–Crippen MR) is 96.2 cm³/mol. The normalized spacial score (nSPS) is 17.1. The molecule has 0 amide bonds. The van der Waals surface area contributed by atoms with Crippen molar-refractivity contribution in [2.24, 2.45) is 10.9 Å². The number of nitrogens with one attached hydrogen (secondary N) is 1. The van der Waals surface area contributed by atoms with E-state index in [-0.39, 0.29) is 5.41 Å². The summed E-state index contributed by atoms with van der Waals surface area (Å²) in [4.78, 5) is 10.9. The molecule has 1 aromatic rings. The maximum absolute atomic E-state index is 5.82. The zero-order valence-corrected chi connectivity index (χ0v) is 15.8. The second-order valence-electron chi connectivity index (χ2n) is 7.53. The molecule has 1 fully saturated rings. The van der Waals surface area contributed by atoms with Crippen LogP contribution in [0.1, 0.15) is 51.7 Å². The van der Waals surface area contributed by atoms with Crippen LogP contribution in [0.4, 0.5) is 0 Å². The van der Waals surface area contributed by atoms with Crippen LogP contribution in [0.25, 0.3) is 0 Å². The zero-order chi connectivity index (χ0) is 17.6. The van der Waals surface area contributed by atoms with E-state index in [9.17, 15) is 0 Å². The molecule has 6 heteroatoms. The fourth-order valence-corrected chi connectivity index (χ4v) is 2.80. The van der Waals surface area contributed by atoms with Gasteiger partial charge >= 0.3 is 0 Å². The first-order valence-electron chi connectivity index (χ1n) is 8.85. The van der Waals surface area contributed by atoms with E-state index in [1.54, 1.807) is 0 Å². The number of aromatic nitrogens is 1. The van der Waals surface area contributed by atoms with Gasteiger partial charge in [-0.15, -0.1) is 0 Å². The molecule has 0 atom stereocenters. The molecule has 136 valence electrons. The topological polar surface area (TPSA) is 62.9 Å². The minimum atomic E-state index is -0.0204. The summed E-state index contributed by atoms with van der Waals surface area (Å²) < 4.78 is 11.2. The largest absolute Gasteiger partial charge is 0.443 e. The van der Waals surface area contributed by atoms with E-state index >= 15 is 0 Å². The number of ether oxygens (including phenoxy) is 1. The molecule has 1 aliphatic rings. The second-order valence-corrected chi connectivity index (χ2v) is 7.53. The van der Waals surface area contributed by atoms with Crippen LogP contribution in [-0.4, -0.2) is 49.7 Å². The summed E-state index contributed by atoms with van der Waals surface area (Å²) in [5, 5.41) is 3.33. The van der Waals surface area contributed by atoms with Gasteiger partial charge in [-0.2, -0.15) is 0 Å². The van der Waals surface area contributed by atoms with E-state index < -0.39 is 0 Å². The third-order valence-corrected chi connectivity index (χ3v) is 4.48. The Morgan fingerprint density at radius 2 is 2.08 bits per heavy atom.